The maximum Gasteiger partial charge on any atom is 0.411 e. The van der Waals surface area contributed by atoms with Crippen molar-refractivity contribution in [3.8, 4) is 11.1 Å². The summed E-state index contributed by atoms with van der Waals surface area (Å²) in [4.78, 5) is 11.5. The molecule has 2 aromatic carbocycles. The number of nitrogens with one attached hydrogen (secondary N) is 1. The standard InChI is InChI=1S/C17H16N2O2/c18-9-10-19-17(20)21-11-16-14-7-3-1-5-12(14)13-6-2-4-8-15(13)16/h1-10,16H,11,18H2,(H,19,20)/b10-9+. The summed E-state index contributed by atoms with van der Waals surface area (Å²) in [5.41, 5.74) is 9.99. The Morgan fingerprint density at radius 3 is 2.24 bits per heavy atom. The molecular formula is C17H16N2O2. The van der Waals surface area contributed by atoms with Crippen LogP contribution in [0.25, 0.3) is 11.1 Å². The first kappa shape index (κ1) is 13.2. The van der Waals surface area contributed by atoms with Crippen molar-refractivity contribution in [2.45, 2.75) is 5.92 Å². The van der Waals surface area contributed by atoms with Gasteiger partial charge in [-0.05, 0) is 22.3 Å². The third kappa shape index (κ3) is 2.48. The van der Waals surface area contributed by atoms with Gasteiger partial charge in [0.25, 0.3) is 0 Å². The van der Waals surface area contributed by atoms with Crippen LogP contribution in [-0.4, -0.2) is 12.7 Å². The number of hydrogen-bond donors (Lipinski definition) is 2. The van der Waals surface area contributed by atoms with Gasteiger partial charge < -0.3 is 10.5 Å². The Labute approximate surface area is 123 Å². The summed E-state index contributed by atoms with van der Waals surface area (Å²) in [5.74, 6) is 0.0741. The lowest BCUT2D eigenvalue weighted by molar-refractivity contribution is 0.147. The van der Waals surface area contributed by atoms with Gasteiger partial charge in [0.2, 0.25) is 0 Å². The summed E-state index contributed by atoms with van der Waals surface area (Å²) in [6, 6.07) is 16.4. The smallest absolute Gasteiger partial charge is 0.411 e. The van der Waals surface area contributed by atoms with Crippen LogP contribution in [0.1, 0.15) is 17.0 Å². The van der Waals surface area contributed by atoms with Crippen LogP contribution < -0.4 is 11.1 Å². The molecule has 0 atom stereocenters. The van der Waals surface area contributed by atoms with E-state index in [2.05, 4.69) is 29.6 Å². The molecule has 3 N–H and O–H groups in total. The van der Waals surface area contributed by atoms with Crippen LogP contribution in [0.3, 0.4) is 0 Å². The molecule has 1 aliphatic carbocycles. The largest absolute Gasteiger partial charge is 0.448 e. The Morgan fingerprint density at radius 1 is 1.10 bits per heavy atom. The molecule has 0 saturated carbocycles. The van der Waals surface area contributed by atoms with Gasteiger partial charge in [0.15, 0.2) is 0 Å². The Bertz CT molecular complexity index is 649. The molecule has 1 aliphatic rings. The molecule has 21 heavy (non-hydrogen) atoms. The summed E-state index contributed by atoms with van der Waals surface area (Å²) < 4.78 is 5.28. The number of amides is 1. The number of rotatable bonds is 3. The molecule has 4 nitrogen and oxygen atoms in total. The van der Waals surface area contributed by atoms with E-state index in [1.54, 1.807) is 0 Å². The van der Waals surface area contributed by atoms with Crippen molar-refractivity contribution in [2.24, 2.45) is 5.73 Å². The minimum absolute atomic E-state index is 0.0741. The first-order valence-corrected chi connectivity index (χ1v) is 6.79. The van der Waals surface area contributed by atoms with Gasteiger partial charge in [-0.2, -0.15) is 0 Å². The van der Waals surface area contributed by atoms with E-state index in [0.717, 1.165) is 0 Å². The number of hydrogen-bond acceptors (Lipinski definition) is 3. The van der Waals surface area contributed by atoms with E-state index < -0.39 is 6.09 Å². The van der Waals surface area contributed by atoms with Gasteiger partial charge >= 0.3 is 6.09 Å². The normalized spacial score (nSPS) is 13.0. The predicted molar refractivity (Wildman–Crippen MR) is 81.5 cm³/mol. The quantitative estimate of drug-likeness (QED) is 0.908. The summed E-state index contributed by atoms with van der Waals surface area (Å²) >= 11 is 0. The molecule has 0 aromatic heterocycles. The molecule has 0 saturated heterocycles. The SMILES string of the molecule is N/C=C/NC(=O)OCC1c2ccccc2-c2ccccc21. The summed E-state index contributed by atoms with van der Waals surface area (Å²) in [5, 5.41) is 2.44. The minimum atomic E-state index is -0.501. The lowest BCUT2D eigenvalue weighted by atomic mass is 9.98. The van der Waals surface area contributed by atoms with E-state index in [9.17, 15) is 4.79 Å². The lowest BCUT2D eigenvalue weighted by Crippen LogP contribution is -2.21. The van der Waals surface area contributed by atoms with E-state index >= 15 is 0 Å². The third-order valence-corrected chi connectivity index (χ3v) is 3.64. The number of carbonyl (C=O) groups is 1. The molecule has 0 unspecified atom stereocenters. The van der Waals surface area contributed by atoms with Gasteiger partial charge in [-0.15, -0.1) is 0 Å². The Balaban J connectivity index is 1.84. The molecule has 4 heteroatoms. The second-order valence-electron chi connectivity index (χ2n) is 4.83. The zero-order valence-electron chi connectivity index (χ0n) is 11.5. The van der Waals surface area contributed by atoms with Crippen molar-refractivity contribution in [3.05, 3.63) is 72.1 Å². The van der Waals surface area contributed by atoms with Gasteiger partial charge in [-0.3, -0.25) is 5.32 Å². The van der Waals surface area contributed by atoms with Crippen LogP contribution >= 0.6 is 0 Å². The van der Waals surface area contributed by atoms with Crippen LogP contribution in [0.15, 0.2) is 60.9 Å². The molecule has 0 bridgehead atoms. The van der Waals surface area contributed by atoms with Crippen LogP contribution in [0.5, 0.6) is 0 Å². The highest BCUT2D eigenvalue weighted by atomic mass is 16.5. The van der Waals surface area contributed by atoms with Gasteiger partial charge in [0.05, 0.1) is 0 Å². The summed E-state index contributed by atoms with van der Waals surface area (Å²) in [6.07, 6.45) is 2.10. The number of carbonyl (C=O) groups excluding carboxylic acids is 1. The van der Waals surface area contributed by atoms with Crippen molar-refractivity contribution < 1.29 is 9.53 Å². The molecule has 0 spiro atoms. The Morgan fingerprint density at radius 2 is 1.67 bits per heavy atom. The Kier molecular flexibility index (Phi) is 3.60. The van der Waals surface area contributed by atoms with Crippen molar-refractivity contribution in [1.82, 2.24) is 5.32 Å². The monoisotopic (exact) mass is 280 g/mol. The summed E-state index contributed by atoms with van der Waals surface area (Å²) in [7, 11) is 0. The fraction of sp³-hybridized carbons (Fsp3) is 0.118. The number of nitrogens with two attached hydrogens (primary N) is 1. The second kappa shape index (κ2) is 5.71. The van der Waals surface area contributed by atoms with Gasteiger partial charge in [-0.25, -0.2) is 4.79 Å². The van der Waals surface area contributed by atoms with Crippen molar-refractivity contribution in [2.75, 3.05) is 6.61 Å². The fourth-order valence-corrected chi connectivity index (χ4v) is 2.76. The first-order chi connectivity index (χ1) is 10.3. The molecule has 0 fully saturated rings. The second-order valence-corrected chi connectivity index (χ2v) is 4.83. The highest BCUT2D eigenvalue weighted by Crippen LogP contribution is 2.44. The van der Waals surface area contributed by atoms with Crippen LogP contribution in [0.4, 0.5) is 4.79 Å². The molecule has 3 rings (SSSR count). The minimum Gasteiger partial charge on any atom is -0.448 e. The number of alkyl carbamates (subject to hydrolysis) is 1. The van der Waals surface area contributed by atoms with Crippen LogP contribution in [-0.2, 0) is 4.74 Å². The topological polar surface area (TPSA) is 64.3 Å². The molecule has 0 heterocycles. The summed E-state index contributed by atoms with van der Waals surface area (Å²) in [6.45, 7) is 0.304. The molecule has 0 radical (unpaired) electrons. The van der Waals surface area contributed by atoms with Gasteiger partial charge in [-0.1, -0.05) is 48.5 Å². The van der Waals surface area contributed by atoms with E-state index in [-0.39, 0.29) is 5.92 Å². The van der Waals surface area contributed by atoms with Gasteiger partial charge in [0.1, 0.15) is 6.61 Å². The first-order valence-electron chi connectivity index (χ1n) is 6.79. The van der Waals surface area contributed by atoms with E-state index in [1.807, 2.05) is 24.3 Å². The highest BCUT2D eigenvalue weighted by molar-refractivity contribution is 5.79. The predicted octanol–water partition coefficient (Wildman–Crippen LogP) is 2.96. The molecule has 0 aliphatic heterocycles. The number of benzene rings is 2. The van der Waals surface area contributed by atoms with E-state index in [4.69, 9.17) is 10.5 Å². The highest BCUT2D eigenvalue weighted by Gasteiger charge is 2.28. The van der Waals surface area contributed by atoms with Crippen LogP contribution in [0.2, 0.25) is 0 Å². The van der Waals surface area contributed by atoms with Crippen LogP contribution in [0, 0.1) is 0 Å². The zero-order valence-corrected chi connectivity index (χ0v) is 11.5. The fourth-order valence-electron chi connectivity index (χ4n) is 2.76. The molecule has 2 aromatic rings. The number of fused-ring (bicyclic) bond motifs is 3. The maximum absolute atomic E-state index is 11.5. The Hall–Kier alpha value is -2.75. The van der Waals surface area contributed by atoms with Gasteiger partial charge in [0, 0.05) is 18.3 Å². The third-order valence-electron chi connectivity index (χ3n) is 3.64. The molecular weight excluding hydrogens is 264 g/mol. The number of ether oxygens (including phenoxy) is 1. The van der Waals surface area contributed by atoms with E-state index in [0.29, 0.717) is 6.61 Å². The molecule has 1 amide bonds. The average molecular weight is 280 g/mol. The van der Waals surface area contributed by atoms with Crippen molar-refractivity contribution in [1.29, 1.82) is 0 Å². The average Bonchev–Trinajstić information content (AvgIpc) is 2.85. The van der Waals surface area contributed by atoms with Crippen molar-refractivity contribution in [3.63, 3.8) is 0 Å². The lowest BCUT2D eigenvalue weighted by Gasteiger charge is -2.13. The van der Waals surface area contributed by atoms with Crippen molar-refractivity contribution >= 4 is 6.09 Å². The zero-order chi connectivity index (χ0) is 14.7. The maximum atomic E-state index is 11.5. The van der Waals surface area contributed by atoms with E-state index in [1.165, 1.54) is 34.7 Å². The molecule has 106 valence electrons.